The quantitative estimate of drug-likeness (QED) is 0.702. The molecule has 1 heterocycles. The van der Waals surface area contributed by atoms with Crippen molar-refractivity contribution in [3.8, 4) is 0 Å². The number of hydrogen-bond acceptors (Lipinski definition) is 3. The summed E-state index contributed by atoms with van der Waals surface area (Å²) < 4.78 is 27.4. The molecule has 0 aromatic carbocycles. The molecule has 0 saturated carbocycles. The van der Waals surface area contributed by atoms with E-state index in [2.05, 4.69) is 9.68 Å². The van der Waals surface area contributed by atoms with E-state index in [1.807, 2.05) is 5.32 Å². The largest absolute Gasteiger partial charge is 0.363 e. The van der Waals surface area contributed by atoms with Gasteiger partial charge in [-0.3, -0.25) is 4.79 Å². The first-order valence-electron chi connectivity index (χ1n) is 2.68. The zero-order valence-corrected chi connectivity index (χ0v) is 5.25. The Morgan fingerprint density at radius 3 is 2.91 bits per heavy atom. The van der Waals surface area contributed by atoms with Gasteiger partial charge >= 0.3 is 6.43 Å². The second-order valence-corrected chi connectivity index (χ2v) is 1.70. The Morgan fingerprint density at radius 2 is 2.45 bits per heavy atom. The third kappa shape index (κ3) is 1.99. The highest BCUT2D eigenvalue weighted by Crippen LogP contribution is 2.05. The van der Waals surface area contributed by atoms with E-state index in [1.165, 1.54) is 0 Å². The van der Waals surface area contributed by atoms with Crippen molar-refractivity contribution in [3.05, 3.63) is 12.5 Å². The molecular formula is C5H4F2N2O2. The molecule has 1 N–H and O–H groups in total. The van der Waals surface area contributed by atoms with Crippen molar-refractivity contribution in [2.24, 2.45) is 0 Å². The van der Waals surface area contributed by atoms with E-state index < -0.39 is 12.3 Å². The van der Waals surface area contributed by atoms with Crippen molar-refractivity contribution >= 4 is 11.6 Å². The molecule has 0 unspecified atom stereocenters. The molecule has 0 atom stereocenters. The number of carbonyl (C=O) groups excluding carboxylic acids is 1. The summed E-state index contributed by atoms with van der Waals surface area (Å²) in [5.74, 6) is -1.37. The third-order valence-electron chi connectivity index (χ3n) is 0.898. The molecule has 0 aliphatic carbocycles. The van der Waals surface area contributed by atoms with E-state index >= 15 is 0 Å². The molecule has 4 nitrogen and oxygen atoms in total. The lowest BCUT2D eigenvalue weighted by atomic mass is 10.5. The van der Waals surface area contributed by atoms with Crippen molar-refractivity contribution in [2.75, 3.05) is 5.32 Å². The van der Waals surface area contributed by atoms with Crippen molar-refractivity contribution < 1.29 is 18.1 Å². The summed E-state index contributed by atoms with van der Waals surface area (Å²) in [5.41, 5.74) is 0.121. The van der Waals surface area contributed by atoms with Crippen LogP contribution in [0.2, 0.25) is 0 Å². The van der Waals surface area contributed by atoms with Gasteiger partial charge in [-0.1, -0.05) is 5.16 Å². The minimum atomic E-state index is -3.02. The fraction of sp³-hybridized carbons (Fsp3) is 0.200. The molecule has 6 heteroatoms. The summed E-state index contributed by atoms with van der Waals surface area (Å²) in [6.07, 6.45) is -0.842. The maximum absolute atomic E-state index is 11.6. The molecule has 1 amide bonds. The number of alkyl halides is 2. The predicted molar refractivity (Wildman–Crippen MR) is 31.1 cm³/mol. The Morgan fingerprint density at radius 1 is 1.73 bits per heavy atom. The van der Waals surface area contributed by atoms with Crippen LogP contribution in [0.25, 0.3) is 0 Å². The summed E-state index contributed by atoms with van der Waals surface area (Å²) in [5, 5.41) is 5.08. The monoisotopic (exact) mass is 162 g/mol. The van der Waals surface area contributed by atoms with E-state index in [0.717, 1.165) is 12.5 Å². The molecule has 0 fully saturated rings. The molecule has 11 heavy (non-hydrogen) atoms. The van der Waals surface area contributed by atoms with Gasteiger partial charge in [0.15, 0.2) is 0 Å². The lowest BCUT2D eigenvalue weighted by Crippen LogP contribution is -2.19. The van der Waals surface area contributed by atoms with Crippen LogP contribution in [0.3, 0.4) is 0 Å². The summed E-state index contributed by atoms with van der Waals surface area (Å²) >= 11 is 0. The number of aromatic nitrogens is 1. The lowest BCUT2D eigenvalue weighted by Gasteiger charge is -1.97. The standard InChI is InChI=1S/C5H4F2N2O2/c6-4(7)5(10)9-3-1-8-11-2-3/h1-2,4H,(H,9,10). The SMILES string of the molecule is O=C(Nc1cnoc1)C(F)F. The predicted octanol–water partition coefficient (Wildman–Crippen LogP) is 0.878. The first-order chi connectivity index (χ1) is 5.20. The number of carbonyl (C=O) groups is 1. The van der Waals surface area contributed by atoms with Crippen LogP contribution in [0.4, 0.5) is 14.5 Å². The average Bonchev–Trinajstić information content (AvgIpc) is 2.39. The molecule has 0 bridgehead atoms. The first-order valence-corrected chi connectivity index (χ1v) is 2.68. The molecule has 0 saturated heterocycles. The topological polar surface area (TPSA) is 55.1 Å². The zero-order chi connectivity index (χ0) is 8.27. The lowest BCUT2D eigenvalue weighted by molar-refractivity contribution is -0.126. The van der Waals surface area contributed by atoms with Gasteiger partial charge in [-0.25, -0.2) is 0 Å². The molecule has 0 aliphatic heterocycles. The van der Waals surface area contributed by atoms with E-state index in [-0.39, 0.29) is 5.69 Å². The molecule has 1 aromatic heterocycles. The van der Waals surface area contributed by atoms with Gasteiger partial charge in [-0.2, -0.15) is 8.78 Å². The number of rotatable bonds is 2. The van der Waals surface area contributed by atoms with E-state index in [4.69, 9.17) is 0 Å². The second-order valence-electron chi connectivity index (χ2n) is 1.70. The van der Waals surface area contributed by atoms with Crippen LogP contribution in [-0.4, -0.2) is 17.5 Å². The Hall–Kier alpha value is -1.46. The third-order valence-corrected chi connectivity index (χ3v) is 0.898. The van der Waals surface area contributed by atoms with Gasteiger partial charge in [0.1, 0.15) is 12.0 Å². The zero-order valence-electron chi connectivity index (χ0n) is 5.25. The van der Waals surface area contributed by atoms with Crippen LogP contribution in [0, 0.1) is 0 Å². The number of nitrogens with one attached hydrogen (secondary N) is 1. The van der Waals surface area contributed by atoms with Crippen molar-refractivity contribution in [1.82, 2.24) is 5.16 Å². The second kappa shape index (κ2) is 3.09. The van der Waals surface area contributed by atoms with E-state index in [9.17, 15) is 13.6 Å². The average molecular weight is 162 g/mol. The van der Waals surface area contributed by atoms with Gasteiger partial charge in [0.25, 0.3) is 5.91 Å². The molecular weight excluding hydrogens is 158 g/mol. The number of nitrogens with zero attached hydrogens (tertiary/aromatic N) is 1. The van der Waals surface area contributed by atoms with E-state index in [1.54, 1.807) is 0 Å². The van der Waals surface area contributed by atoms with Crippen molar-refractivity contribution in [2.45, 2.75) is 6.43 Å². The first kappa shape index (κ1) is 7.64. The van der Waals surface area contributed by atoms with Crippen LogP contribution in [0.15, 0.2) is 17.0 Å². The summed E-state index contributed by atoms with van der Waals surface area (Å²) in [7, 11) is 0. The van der Waals surface area contributed by atoms with Gasteiger partial charge in [-0.15, -0.1) is 0 Å². The molecule has 1 rings (SSSR count). The highest BCUT2D eigenvalue weighted by atomic mass is 19.3. The van der Waals surface area contributed by atoms with Crippen LogP contribution in [-0.2, 0) is 4.79 Å². The van der Waals surface area contributed by atoms with Crippen LogP contribution >= 0.6 is 0 Å². The van der Waals surface area contributed by atoms with Crippen molar-refractivity contribution in [3.63, 3.8) is 0 Å². The molecule has 0 radical (unpaired) electrons. The molecule has 0 spiro atoms. The van der Waals surface area contributed by atoms with Gasteiger partial charge in [-0.05, 0) is 0 Å². The van der Waals surface area contributed by atoms with E-state index in [0.29, 0.717) is 0 Å². The Kier molecular flexibility index (Phi) is 2.15. The highest BCUT2D eigenvalue weighted by molar-refractivity contribution is 5.92. The van der Waals surface area contributed by atoms with Gasteiger partial charge < -0.3 is 9.84 Å². The van der Waals surface area contributed by atoms with Crippen molar-refractivity contribution in [1.29, 1.82) is 0 Å². The minimum absolute atomic E-state index is 0.121. The number of hydrogen-bond donors (Lipinski definition) is 1. The van der Waals surface area contributed by atoms with Gasteiger partial charge in [0.2, 0.25) is 0 Å². The van der Waals surface area contributed by atoms with Gasteiger partial charge in [0.05, 0.1) is 6.20 Å². The normalized spacial score (nSPS) is 10.1. The van der Waals surface area contributed by atoms with Crippen LogP contribution in [0.5, 0.6) is 0 Å². The Balaban J connectivity index is 2.50. The molecule has 60 valence electrons. The van der Waals surface area contributed by atoms with Gasteiger partial charge in [0, 0.05) is 0 Å². The fourth-order valence-electron chi connectivity index (χ4n) is 0.463. The Labute approximate surface area is 60.2 Å². The number of amides is 1. The van der Waals surface area contributed by atoms with Crippen LogP contribution < -0.4 is 5.32 Å². The smallest absolute Gasteiger partial charge is 0.315 e. The number of halogens is 2. The maximum Gasteiger partial charge on any atom is 0.315 e. The maximum atomic E-state index is 11.6. The highest BCUT2D eigenvalue weighted by Gasteiger charge is 2.15. The van der Waals surface area contributed by atoms with Crippen LogP contribution in [0.1, 0.15) is 0 Å². The summed E-state index contributed by atoms with van der Waals surface area (Å²) in [4.78, 5) is 10.3. The molecule has 1 aromatic rings. The summed E-state index contributed by atoms with van der Waals surface area (Å²) in [6, 6.07) is 0. The summed E-state index contributed by atoms with van der Waals surface area (Å²) in [6.45, 7) is 0. The number of anilines is 1. The Bertz CT molecular complexity index is 235. The molecule has 0 aliphatic rings. The fourth-order valence-corrected chi connectivity index (χ4v) is 0.463. The minimum Gasteiger partial charge on any atom is -0.363 e.